The Bertz CT molecular complexity index is 1180. The van der Waals surface area contributed by atoms with Crippen LogP contribution in [0.1, 0.15) is 48.9 Å². The van der Waals surface area contributed by atoms with E-state index in [0.717, 1.165) is 29.8 Å². The normalized spacial score (nSPS) is 19.6. The molecule has 0 radical (unpaired) electrons. The molecule has 0 bridgehead atoms. The zero-order valence-corrected chi connectivity index (χ0v) is 19.8. The van der Waals surface area contributed by atoms with Gasteiger partial charge >= 0.3 is 0 Å². The number of nitrogens with zero attached hydrogens (tertiary/aromatic N) is 3. The summed E-state index contributed by atoms with van der Waals surface area (Å²) in [6.45, 7) is 7.00. The molecule has 1 amide bonds. The molecule has 1 aromatic heterocycles. The van der Waals surface area contributed by atoms with Crippen LogP contribution in [-0.2, 0) is 17.8 Å². The third-order valence-electron chi connectivity index (χ3n) is 6.49. The molecule has 3 heterocycles. The van der Waals surface area contributed by atoms with E-state index in [1.54, 1.807) is 4.90 Å². The Balaban J connectivity index is 1.27. The molecule has 5 rings (SSSR count). The van der Waals surface area contributed by atoms with E-state index < -0.39 is 0 Å². The summed E-state index contributed by atoms with van der Waals surface area (Å²) in [4.78, 5) is 19.7. The van der Waals surface area contributed by atoms with Crippen molar-refractivity contribution in [3.8, 4) is 17.2 Å². The predicted molar refractivity (Wildman–Crippen MR) is 129 cm³/mol. The number of nitrogens with one attached hydrogen (secondary N) is 1. The first kappa shape index (κ1) is 22.2. The van der Waals surface area contributed by atoms with Crippen molar-refractivity contribution in [2.75, 3.05) is 6.61 Å². The van der Waals surface area contributed by atoms with Crippen molar-refractivity contribution < 1.29 is 13.9 Å². The third kappa shape index (κ3) is 4.31. The molecule has 176 valence electrons. The molecule has 0 spiro atoms. The largest absolute Gasteiger partial charge is 0.494 e. The van der Waals surface area contributed by atoms with E-state index in [-0.39, 0.29) is 18.0 Å². The summed E-state index contributed by atoms with van der Waals surface area (Å²) in [5.74, 6) is 2.13. The van der Waals surface area contributed by atoms with Gasteiger partial charge in [0.05, 0.1) is 19.2 Å². The zero-order valence-electron chi connectivity index (χ0n) is 19.8. The maximum atomic E-state index is 13.3. The van der Waals surface area contributed by atoms with Crippen LogP contribution in [0.15, 0.2) is 65.3 Å². The Hall–Kier alpha value is -3.58. The first-order valence-electron chi connectivity index (χ1n) is 11.9. The number of hydrogen-bond acceptors (Lipinski definition) is 6. The minimum atomic E-state index is -0.237. The van der Waals surface area contributed by atoms with Crippen molar-refractivity contribution in [2.45, 2.75) is 52.2 Å². The molecule has 1 N–H and O–H groups in total. The molecule has 34 heavy (non-hydrogen) atoms. The van der Waals surface area contributed by atoms with E-state index in [9.17, 15) is 4.79 Å². The maximum Gasteiger partial charge on any atom is 0.251 e. The summed E-state index contributed by atoms with van der Waals surface area (Å²) in [5.41, 5.74) is 7.62. The molecule has 0 aliphatic carbocycles. The lowest BCUT2D eigenvalue weighted by atomic mass is 9.99. The van der Waals surface area contributed by atoms with Gasteiger partial charge in [-0.25, -0.2) is 10.4 Å². The number of fused-ring (bicyclic) bond motifs is 1. The summed E-state index contributed by atoms with van der Waals surface area (Å²) >= 11 is 0. The van der Waals surface area contributed by atoms with Crippen LogP contribution in [-0.4, -0.2) is 33.4 Å². The number of carbonyl (C=O) groups excluding carboxylic acids is 1. The zero-order chi connectivity index (χ0) is 23.7. The summed E-state index contributed by atoms with van der Waals surface area (Å²) < 4.78 is 11.4. The number of aromatic nitrogens is 1. The van der Waals surface area contributed by atoms with E-state index in [1.807, 2.05) is 55.5 Å². The van der Waals surface area contributed by atoms with Gasteiger partial charge in [0.25, 0.3) is 5.91 Å². The van der Waals surface area contributed by atoms with E-state index in [0.29, 0.717) is 24.8 Å². The standard InChI is InChI=1S/C27H30N4O3/c1-4-19-6-8-20(9-7-19)23-16-25-27(32)30(14-15-31(25)29-23)17-24-18(3)34-26(28-24)21-10-12-22(13-11-21)33-5-2/h6-15,23,25,29H,4-5,16-17H2,1-3H3. The van der Waals surface area contributed by atoms with Gasteiger partial charge in [0.2, 0.25) is 5.89 Å². The highest BCUT2D eigenvalue weighted by molar-refractivity contribution is 5.84. The van der Waals surface area contributed by atoms with Crippen LogP contribution in [0.2, 0.25) is 0 Å². The number of carbonyl (C=O) groups is 1. The molecule has 2 aliphatic rings. The molecule has 3 aromatic rings. The Labute approximate surface area is 200 Å². The van der Waals surface area contributed by atoms with Gasteiger partial charge < -0.3 is 19.1 Å². The average Bonchev–Trinajstić information content (AvgIpc) is 3.46. The molecule has 2 atom stereocenters. The van der Waals surface area contributed by atoms with Crippen molar-refractivity contribution >= 4 is 5.91 Å². The number of hydrazine groups is 1. The number of rotatable bonds is 7. The molecule has 7 nitrogen and oxygen atoms in total. The fourth-order valence-corrected chi connectivity index (χ4v) is 4.49. The molecule has 7 heteroatoms. The number of oxazole rings is 1. The van der Waals surface area contributed by atoms with E-state index in [1.165, 1.54) is 11.1 Å². The summed E-state index contributed by atoms with van der Waals surface area (Å²) in [5, 5.41) is 1.93. The maximum absolute atomic E-state index is 13.3. The fraction of sp³-hybridized carbons (Fsp3) is 0.333. The Morgan fingerprint density at radius 1 is 1.09 bits per heavy atom. The van der Waals surface area contributed by atoms with Gasteiger partial charge in [-0.1, -0.05) is 31.2 Å². The molecule has 2 aliphatic heterocycles. The fourth-order valence-electron chi connectivity index (χ4n) is 4.49. The smallest absolute Gasteiger partial charge is 0.251 e. The summed E-state index contributed by atoms with van der Waals surface area (Å²) in [6, 6.07) is 16.2. The van der Waals surface area contributed by atoms with Gasteiger partial charge in [-0.05, 0) is 62.1 Å². The molecule has 1 fully saturated rings. The summed E-state index contributed by atoms with van der Waals surface area (Å²) in [6.07, 6.45) is 5.50. The number of amides is 1. The van der Waals surface area contributed by atoms with Crippen LogP contribution >= 0.6 is 0 Å². The van der Waals surface area contributed by atoms with Crippen molar-refractivity contribution in [1.82, 2.24) is 20.3 Å². The second-order valence-corrected chi connectivity index (χ2v) is 8.68. The number of benzene rings is 2. The molecule has 0 saturated carbocycles. The quantitative estimate of drug-likeness (QED) is 0.551. The van der Waals surface area contributed by atoms with Crippen molar-refractivity contribution in [1.29, 1.82) is 0 Å². The minimum Gasteiger partial charge on any atom is -0.494 e. The molecule has 1 saturated heterocycles. The number of aryl methyl sites for hydroxylation is 2. The first-order chi connectivity index (χ1) is 16.6. The SMILES string of the molecule is CCOc1ccc(-c2nc(CN3C=CN4NC(c5ccc(CC)cc5)CC4C3=O)c(C)o2)cc1. The van der Waals surface area contributed by atoms with Crippen molar-refractivity contribution in [3.63, 3.8) is 0 Å². The second kappa shape index (κ2) is 9.35. The van der Waals surface area contributed by atoms with Gasteiger partial charge in [0.15, 0.2) is 0 Å². The van der Waals surface area contributed by atoms with Crippen LogP contribution in [0.5, 0.6) is 5.75 Å². The highest BCUT2D eigenvalue weighted by Crippen LogP contribution is 2.32. The Morgan fingerprint density at radius 3 is 2.56 bits per heavy atom. The van der Waals surface area contributed by atoms with Gasteiger partial charge in [0, 0.05) is 18.0 Å². The van der Waals surface area contributed by atoms with Crippen LogP contribution in [0, 0.1) is 6.92 Å². The Morgan fingerprint density at radius 2 is 1.85 bits per heavy atom. The number of ether oxygens (including phenoxy) is 1. The van der Waals surface area contributed by atoms with Crippen LogP contribution in [0.25, 0.3) is 11.5 Å². The number of hydrogen-bond donors (Lipinski definition) is 1. The highest BCUT2D eigenvalue weighted by atomic mass is 16.5. The van der Waals surface area contributed by atoms with E-state index in [2.05, 4.69) is 41.6 Å². The molecule has 2 unspecified atom stereocenters. The van der Waals surface area contributed by atoms with Crippen LogP contribution in [0.4, 0.5) is 0 Å². The Kier molecular flexibility index (Phi) is 6.11. The van der Waals surface area contributed by atoms with Gasteiger partial charge in [-0.2, -0.15) is 0 Å². The molecular formula is C27H30N4O3. The predicted octanol–water partition coefficient (Wildman–Crippen LogP) is 4.74. The van der Waals surface area contributed by atoms with Crippen LogP contribution < -0.4 is 10.2 Å². The van der Waals surface area contributed by atoms with Gasteiger partial charge in [0.1, 0.15) is 23.2 Å². The topological polar surface area (TPSA) is 70.8 Å². The lowest BCUT2D eigenvalue weighted by Gasteiger charge is -2.31. The van der Waals surface area contributed by atoms with Crippen molar-refractivity contribution in [2.24, 2.45) is 0 Å². The molecule has 2 aromatic carbocycles. The van der Waals surface area contributed by atoms with Crippen LogP contribution in [0.3, 0.4) is 0 Å². The third-order valence-corrected chi connectivity index (χ3v) is 6.49. The first-order valence-corrected chi connectivity index (χ1v) is 11.9. The van der Waals surface area contributed by atoms with Gasteiger partial charge in [-0.15, -0.1) is 0 Å². The van der Waals surface area contributed by atoms with Crippen molar-refractivity contribution in [3.05, 3.63) is 83.5 Å². The van der Waals surface area contributed by atoms with Gasteiger partial charge in [-0.3, -0.25) is 4.79 Å². The minimum absolute atomic E-state index is 0.0627. The second-order valence-electron chi connectivity index (χ2n) is 8.68. The lowest BCUT2D eigenvalue weighted by Crippen LogP contribution is -2.47. The molecular weight excluding hydrogens is 428 g/mol. The van der Waals surface area contributed by atoms with E-state index >= 15 is 0 Å². The highest BCUT2D eigenvalue weighted by Gasteiger charge is 2.40. The van der Waals surface area contributed by atoms with E-state index in [4.69, 9.17) is 9.15 Å². The average molecular weight is 459 g/mol. The lowest BCUT2D eigenvalue weighted by molar-refractivity contribution is -0.135. The monoisotopic (exact) mass is 458 g/mol. The summed E-state index contributed by atoms with van der Waals surface area (Å²) in [7, 11) is 0.